The summed E-state index contributed by atoms with van der Waals surface area (Å²) in [6, 6.07) is 0. The van der Waals surface area contributed by atoms with Crippen LogP contribution in [-0.2, 0) is 33.2 Å². The lowest BCUT2D eigenvalue weighted by Crippen LogP contribution is -2.61. The molecule has 11 atom stereocenters. The van der Waals surface area contributed by atoms with Crippen LogP contribution in [0.1, 0.15) is 142 Å². The molecular weight excluding hydrogens is 813 g/mol. The summed E-state index contributed by atoms with van der Waals surface area (Å²) < 4.78 is 34.0. The third kappa shape index (κ3) is 25.3. The predicted molar refractivity (Wildman–Crippen MR) is 242 cm³/mol. The maximum atomic E-state index is 12.9. The summed E-state index contributed by atoms with van der Waals surface area (Å²) >= 11 is 0. The van der Waals surface area contributed by atoms with Gasteiger partial charge >= 0.3 is 5.97 Å². The highest BCUT2D eigenvalue weighted by molar-refractivity contribution is 5.69. The van der Waals surface area contributed by atoms with Crippen LogP contribution < -0.4 is 0 Å². The molecule has 0 saturated carbocycles. The lowest BCUT2D eigenvalue weighted by Gasteiger charge is -2.42. The number of carbonyl (C=O) groups is 1. The van der Waals surface area contributed by atoms with Crippen molar-refractivity contribution < 1.29 is 69.0 Å². The Labute approximate surface area is 377 Å². The van der Waals surface area contributed by atoms with E-state index in [1.807, 2.05) is 0 Å². The van der Waals surface area contributed by atoms with E-state index in [1.165, 1.54) is 25.7 Å². The number of rotatable bonds is 36. The molecule has 0 aromatic heterocycles. The molecule has 2 heterocycles. The van der Waals surface area contributed by atoms with E-state index < -0.39 is 86.7 Å². The van der Waals surface area contributed by atoms with E-state index in [-0.39, 0.29) is 19.6 Å². The molecule has 0 bridgehead atoms. The molecule has 14 nitrogen and oxygen atoms in total. The maximum Gasteiger partial charge on any atom is 0.306 e. The Morgan fingerprint density at radius 2 is 1.03 bits per heavy atom. The van der Waals surface area contributed by atoms with Crippen LogP contribution in [0.5, 0.6) is 0 Å². The van der Waals surface area contributed by atoms with Crippen molar-refractivity contribution in [2.75, 3.05) is 33.0 Å². The fraction of sp³-hybridized carbons (Fsp3) is 0.776. The summed E-state index contributed by atoms with van der Waals surface area (Å²) in [6.45, 7) is 3.47. The number of allylic oxidation sites excluding steroid dienone is 10. The molecule has 7 N–H and O–H groups in total. The van der Waals surface area contributed by atoms with Gasteiger partial charge in [0.2, 0.25) is 0 Å². The van der Waals surface area contributed by atoms with Crippen molar-refractivity contribution >= 4 is 5.97 Å². The summed E-state index contributed by atoms with van der Waals surface area (Å²) in [5, 5.41) is 71.8. The smallest absolute Gasteiger partial charge is 0.306 e. The maximum absolute atomic E-state index is 12.9. The van der Waals surface area contributed by atoms with Gasteiger partial charge in [-0.1, -0.05) is 139 Å². The molecule has 2 aliphatic rings. The molecule has 63 heavy (non-hydrogen) atoms. The minimum Gasteiger partial charge on any atom is -0.457 e. The quantitative estimate of drug-likeness (QED) is 0.0213. The fourth-order valence-electron chi connectivity index (χ4n) is 7.13. The molecule has 0 aliphatic carbocycles. The summed E-state index contributed by atoms with van der Waals surface area (Å²) in [5.41, 5.74) is 0. The molecule has 2 rings (SSSR count). The number of aliphatic hydroxyl groups excluding tert-OH is 7. The molecule has 364 valence electrons. The zero-order valence-corrected chi connectivity index (χ0v) is 38.3. The molecule has 0 radical (unpaired) electrons. The summed E-state index contributed by atoms with van der Waals surface area (Å²) in [5.74, 6) is -0.393. The molecular formula is C49H84O14. The van der Waals surface area contributed by atoms with Crippen LogP contribution in [0, 0.1) is 0 Å². The molecule has 0 aromatic rings. The molecule has 11 unspecified atom stereocenters. The van der Waals surface area contributed by atoms with Gasteiger partial charge in [0, 0.05) is 13.0 Å². The standard InChI is InChI=1S/C49H84O14/c1-3-5-7-9-11-12-13-14-15-16-17-18-19-20-21-22-23-24-25-26-27-28-30-32-41(51)61-38(35-58-33-31-29-10-8-6-4-2)36-59-48-47(57)45(55)43(53)40(63-48)37-60-49-46(56)44(54)42(52)39(34-50)62-49/h5,7,11-12,14-15,17-18,20-21,38-40,42-50,52-57H,3-4,6,8-10,13,16,19,22-37H2,1-2H3/b7-5-,12-11-,15-14-,18-17-,21-20-. The topological polar surface area (TPSA) is 214 Å². The molecule has 0 amide bonds. The van der Waals surface area contributed by atoms with Gasteiger partial charge in [-0.25, -0.2) is 0 Å². The highest BCUT2D eigenvalue weighted by Gasteiger charge is 2.47. The van der Waals surface area contributed by atoms with E-state index in [2.05, 4.69) is 74.6 Å². The lowest BCUT2D eigenvalue weighted by atomic mass is 9.98. The van der Waals surface area contributed by atoms with Gasteiger partial charge in [0.1, 0.15) is 54.9 Å². The summed E-state index contributed by atoms with van der Waals surface area (Å²) in [7, 11) is 0. The molecule has 2 aliphatic heterocycles. The van der Waals surface area contributed by atoms with Crippen molar-refractivity contribution in [2.45, 2.75) is 210 Å². The zero-order valence-electron chi connectivity index (χ0n) is 38.3. The third-order valence-electron chi connectivity index (χ3n) is 11.0. The SMILES string of the molecule is CC/C=C\C/C=C\C/C=C\C/C=C\C/C=C\CCCCCCCCCC(=O)OC(COCCCCCCCC)COC1OC(COC2OC(CO)C(O)C(O)C2O)C(O)C(O)C1O. The van der Waals surface area contributed by atoms with E-state index >= 15 is 0 Å². The van der Waals surface area contributed by atoms with Crippen LogP contribution in [0.25, 0.3) is 0 Å². The van der Waals surface area contributed by atoms with Crippen molar-refractivity contribution in [2.24, 2.45) is 0 Å². The Bertz CT molecular complexity index is 1270. The Morgan fingerprint density at radius 3 is 1.62 bits per heavy atom. The predicted octanol–water partition coefficient (Wildman–Crippen LogP) is 6.18. The van der Waals surface area contributed by atoms with Gasteiger partial charge in [0.05, 0.1) is 26.4 Å². The normalized spacial score (nSPS) is 27.5. The largest absolute Gasteiger partial charge is 0.457 e. The fourth-order valence-corrected chi connectivity index (χ4v) is 7.13. The van der Waals surface area contributed by atoms with Crippen molar-refractivity contribution in [3.8, 4) is 0 Å². The van der Waals surface area contributed by atoms with Gasteiger partial charge in [-0.15, -0.1) is 0 Å². The number of hydrogen-bond donors (Lipinski definition) is 7. The number of hydrogen-bond acceptors (Lipinski definition) is 14. The third-order valence-corrected chi connectivity index (χ3v) is 11.0. The van der Waals surface area contributed by atoms with E-state index in [9.17, 15) is 40.5 Å². The van der Waals surface area contributed by atoms with E-state index in [0.717, 1.165) is 89.9 Å². The van der Waals surface area contributed by atoms with Crippen LogP contribution in [0.2, 0.25) is 0 Å². The van der Waals surface area contributed by atoms with Crippen molar-refractivity contribution in [3.05, 3.63) is 60.8 Å². The van der Waals surface area contributed by atoms with Gasteiger partial charge in [-0.05, 0) is 57.8 Å². The molecule has 0 aromatic carbocycles. The van der Waals surface area contributed by atoms with Crippen molar-refractivity contribution in [1.29, 1.82) is 0 Å². The first-order valence-corrected chi connectivity index (χ1v) is 23.9. The van der Waals surface area contributed by atoms with Crippen LogP contribution in [0.4, 0.5) is 0 Å². The molecule has 14 heteroatoms. The Hall–Kier alpha value is -2.31. The van der Waals surface area contributed by atoms with Crippen LogP contribution in [0.3, 0.4) is 0 Å². The second-order valence-electron chi connectivity index (χ2n) is 16.6. The van der Waals surface area contributed by atoms with Gasteiger partial charge in [0.15, 0.2) is 12.6 Å². The average Bonchev–Trinajstić information content (AvgIpc) is 3.28. The van der Waals surface area contributed by atoms with E-state index in [4.69, 9.17) is 28.4 Å². The molecule has 2 saturated heterocycles. The monoisotopic (exact) mass is 897 g/mol. The minimum atomic E-state index is -1.71. The van der Waals surface area contributed by atoms with Crippen LogP contribution in [-0.4, -0.2) is 142 Å². The summed E-state index contributed by atoms with van der Waals surface area (Å²) in [4.78, 5) is 12.9. The second kappa shape index (κ2) is 36.9. The highest BCUT2D eigenvalue weighted by atomic mass is 16.7. The first kappa shape index (κ1) is 56.8. The lowest BCUT2D eigenvalue weighted by molar-refractivity contribution is -0.332. The van der Waals surface area contributed by atoms with Gasteiger partial charge in [-0.2, -0.15) is 0 Å². The number of ether oxygens (including phenoxy) is 6. The average molecular weight is 897 g/mol. The van der Waals surface area contributed by atoms with E-state index in [0.29, 0.717) is 13.0 Å². The number of aliphatic hydroxyl groups is 7. The number of carbonyl (C=O) groups excluding carboxylic acids is 1. The van der Waals surface area contributed by atoms with E-state index in [1.54, 1.807) is 0 Å². The van der Waals surface area contributed by atoms with Crippen molar-refractivity contribution in [1.82, 2.24) is 0 Å². The Balaban J connectivity index is 1.70. The van der Waals surface area contributed by atoms with Crippen LogP contribution >= 0.6 is 0 Å². The highest BCUT2D eigenvalue weighted by Crippen LogP contribution is 2.26. The van der Waals surface area contributed by atoms with Gasteiger partial charge in [-0.3, -0.25) is 4.79 Å². The minimum absolute atomic E-state index is 0.0535. The Kier molecular flexibility index (Phi) is 33.2. The summed E-state index contributed by atoms with van der Waals surface area (Å²) in [6.07, 6.45) is 26.0. The zero-order chi connectivity index (χ0) is 45.9. The van der Waals surface area contributed by atoms with Crippen molar-refractivity contribution in [3.63, 3.8) is 0 Å². The number of unbranched alkanes of at least 4 members (excludes halogenated alkanes) is 12. The van der Waals surface area contributed by atoms with Gasteiger partial charge < -0.3 is 64.2 Å². The molecule has 0 spiro atoms. The molecule has 2 fully saturated rings. The second-order valence-corrected chi connectivity index (χ2v) is 16.6. The Morgan fingerprint density at radius 1 is 0.540 bits per heavy atom. The van der Waals surface area contributed by atoms with Crippen LogP contribution in [0.15, 0.2) is 60.8 Å². The number of esters is 1. The van der Waals surface area contributed by atoms with Gasteiger partial charge in [0.25, 0.3) is 0 Å². The first-order valence-electron chi connectivity index (χ1n) is 23.9. The first-order chi connectivity index (χ1) is 30.6.